The van der Waals surface area contributed by atoms with Crippen molar-refractivity contribution in [2.75, 3.05) is 33.0 Å². The third-order valence-corrected chi connectivity index (χ3v) is 4.50. The van der Waals surface area contributed by atoms with Gasteiger partial charge in [0.1, 0.15) is 0 Å². The van der Waals surface area contributed by atoms with Crippen molar-refractivity contribution in [1.29, 1.82) is 0 Å². The van der Waals surface area contributed by atoms with E-state index in [0.717, 1.165) is 0 Å². The van der Waals surface area contributed by atoms with Crippen LogP contribution in [0.2, 0.25) is 0 Å². The number of carbonyl (C=O) groups excluding carboxylic acids is 2. The Morgan fingerprint density at radius 2 is 1.62 bits per heavy atom. The fourth-order valence-corrected chi connectivity index (χ4v) is 2.70. The van der Waals surface area contributed by atoms with E-state index in [4.69, 9.17) is 19.7 Å². The average Bonchev–Trinajstić information content (AvgIpc) is 2.93. The molecule has 0 unspecified atom stereocenters. The topological polar surface area (TPSA) is 222 Å². The van der Waals surface area contributed by atoms with Crippen molar-refractivity contribution in [2.45, 2.75) is 19.3 Å². The van der Waals surface area contributed by atoms with Gasteiger partial charge in [0.05, 0.1) is 32.8 Å². The van der Waals surface area contributed by atoms with Gasteiger partial charge in [0.15, 0.2) is 5.41 Å². The van der Waals surface area contributed by atoms with Crippen LogP contribution in [0.4, 0.5) is 0 Å². The summed E-state index contributed by atoms with van der Waals surface area (Å²) in [6, 6.07) is 0. The Morgan fingerprint density at radius 3 is 2.12 bits per heavy atom. The van der Waals surface area contributed by atoms with E-state index in [2.05, 4.69) is 17.1 Å². The van der Waals surface area contributed by atoms with Crippen LogP contribution in [0.25, 0.3) is 12.3 Å². The molecule has 1 aliphatic carbocycles. The molecule has 1 aliphatic heterocycles. The van der Waals surface area contributed by atoms with Gasteiger partial charge in [-0.05, 0) is 6.08 Å². The van der Waals surface area contributed by atoms with Crippen LogP contribution in [-0.2, 0) is 49.7 Å². The summed E-state index contributed by atoms with van der Waals surface area (Å²) < 4.78 is 10.6. The first kappa shape index (κ1) is 31.7. The fraction of sp³-hybridized carbons (Fsp3) is 0.500. The molecule has 2 amide bonds. The molecular formula is C18H27N5O8Pt. The van der Waals surface area contributed by atoms with E-state index in [1.54, 1.807) is 6.08 Å². The first-order valence-electron chi connectivity index (χ1n) is 8.91. The summed E-state index contributed by atoms with van der Waals surface area (Å²) >= 11 is 0. The Bertz CT molecular complexity index is 728. The van der Waals surface area contributed by atoms with Gasteiger partial charge in [0.25, 0.3) is 5.91 Å². The molecule has 32 heavy (non-hydrogen) atoms. The van der Waals surface area contributed by atoms with Crippen LogP contribution in [0.3, 0.4) is 0 Å². The molecule has 0 aromatic carbocycles. The SMILES string of the molecule is C=C1C=CC(=O)N1CCOCCOCCC(=O)NN=C1CC(C(=O)O)(C(=O)O)C1.[NH2-].[NH2-].[Pt+2]. The summed E-state index contributed by atoms with van der Waals surface area (Å²) in [5, 5.41) is 21.7. The molecule has 0 spiro atoms. The Labute approximate surface area is 199 Å². The number of aliphatic carboxylic acids is 2. The summed E-state index contributed by atoms with van der Waals surface area (Å²) in [7, 11) is 0. The third-order valence-electron chi connectivity index (χ3n) is 4.50. The normalized spacial score (nSPS) is 15.6. The number of carboxylic acid groups (broad SMARTS) is 2. The molecule has 0 radical (unpaired) electrons. The molecule has 1 heterocycles. The molecule has 2 aliphatic rings. The van der Waals surface area contributed by atoms with Gasteiger partial charge < -0.3 is 36.9 Å². The molecule has 0 aromatic rings. The summed E-state index contributed by atoms with van der Waals surface area (Å²) in [6.45, 7) is 5.19. The second-order valence-corrected chi connectivity index (χ2v) is 6.55. The van der Waals surface area contributed by atoms with Crippen LogP contribution in [0.15, 0.2) is 29.5 Å². The van der Waals surface area contributed by atoms with Crippen molar-refractivity contribution >= 4 is 29.5 Å². The largest absolute Gasteiger partial charge is 2.00 e. The van der Waals surface area contributed by atoms with E-state index >= 15 is 0 Å². The van der Waals surface area contributed by atoms with Crippen molar-refractivity contribution in [3.63, 3.8) is 0 Å². The molecule has 1 saturated carbocycles. The van der Waals surface area contributed by atoms with Crippen LogP contribution in [0.1, 0.15) is 19.3 Å². The first-order chi connectivity index (χ1) is 13.8. The van der Waals surface area contributed by atoms with Crippen molar-refractivity contribution in [3.8, 4) is 0 Å². The van der Waals surface area contributed by atoms with Crippen molar-refractivity contribution in [2.24, 2.45) is 10.5 Å². The number of hydrogen-bond donors (Lipinski definition) is 3. The van der Waals surface area contributed by atoms with Crippen LogP contribution in [-0.4, -0.2) is 77.5 Å². The molecule has 14 heteroatoms. The number of ether oxygens (including phenoxy) is 2. The third kappa shape index (κ3) is 8.24. The number of rotatable bonds is 12. The second kappa shape index (κ2) is 14.6. The zero-order valence-electron chi connectivity index (χ0n) is 17.2. The van der Waals surface area contributed by atoms with Gasteiger partial charge in [0, 0.05) is 36.9 Å². The van der Waals surface area contributed by atoms with E-state index in [1.165, 1.54) is 11.0 Å². The number of nitrogens with one attached hydrogen (secondary N) is 1. The molecule has 2 rings (SSSR count). The molecular weight excluding hydrogens is 609 g/mol. The maximum atomic E-state index is 11.6. The van der Waals surface area contributed by atoms with Gasteiger partial charge in [-0.1, -0.05) is 6.58 Å². The number of nitrogens with zero attached hydrogens (tertiary/aromatic N) is 2. The van der Waals surface area contributed by atoms with Gasteiger partial charge in [-0.15, -0.1) is 0 Å². The number of allylic oxidation sites excluding steroid dienone is 1. The zero-order chi connectivity index (χ0) is 21.4. The molecule has 0 saturated heterocycles. The van der Waals surface area contributed by atoms with E-state index < -0.39 is 23.3 Å². The number of carbonyl (C=O) groups is 4. The van der Waals surface area contributed by atoms with E-state index in [0.29, 0.717) is 31.2 Å². The Kier molecular flexibility index (Phi) is 14.5. The minimum Gasteiger partial charge on any atom is -0.693 e. The van der Waals surface area contributed by atoms with E-state index in [9.17, 15) is 19.2 Å². The smallest absolute Gasteiger partial charge is 0.693 e. The monoisotopic (exact) mass is 636 g/mol. The number of amides is 2. The molecule has 13 nitrogen and oxygen atoms in total. The maximum absolute atomic E-state index is 11.6. The standard InChI is InChI=1S/C18H23N3O8.2H2N.Pt/c1-12-2-3-15(23)21(12)5-7-29-9-8-28-6-4-14(22)20-19-13-10-18(11-13,16(24)25)17(26)27;;;/h2-3H,1,4-11H2,(H,20,22)(H,24,25)(H,26,27);2*1H2;/q;2*-1;+2. The number of hydrogen-bond acceptors (Lipinski definition) is 7. The molecule has 1 fully saturated rings. The fourth-order valence-electron chi connectivity index (χ4n) is 2.70. The van der Waals surface area contributed by atoms with E-state index in [-0.39, 0.29) is 71.7 Å². The van der Waals surface area contributed by atoms with Crippen LogP contribution >= 0.6 is 0 Å². The number of nitrogens with two attached hydrogens (primary N) is 2. The first-order valence-corrected chi connectivity index (χ1v) is 8.91. The number of carboxylic acids is 2. The number of hydrazone groups is 1. The van der Waals surface area contributed by atoms with Gasteiger partial charge in [-0.2, -0.15) is 5.10 Å². The molecule has 182 valence electrons. The van der Waals surface area contributed by atoms with Crippen molar-refractivity contribution in [1.82, 2.24) is 10.3 Å². The minimum absolute atomic E-state index is 0. The Balaban J connectivity index is 0. The quantitative estimate of drug-likeness (QED) is 0.160. The Hall–Kier alpha value is -2.44. The average molecular weight is 637 g/mol. The molecule has 0 atom stereocenters. The molecule has 7 N–H and O–H groups in total. The molecule has 0 aromatic heterocycles. The van der Waals surface area contributed by atoms with Gasteiger partial charge >= 0.3 is 33.0 Å². The van der Waals surface area contributed by atoms with Gasteiger partial charge in [-0.3, -0.25) is 19.2 Å². The van der Waals surface area contributed by atoms with Gasteiger partial charge in [-0.25, -0.2) is 5.43 Å². The van der Waals surface area contributed by atoms with E-state index in [1.807, 2.05) is 0 Å². The Morgan fingerprint density at radius 1 is 1.06 bits per heavy atom. The summed E-state index contributed by atoms with van der Waals surface area (Å²) in [5.41, 5.74) is 1.34. The maximum Gasteiger partial charge on any atom is 2.00 e. The van der Waals surface area contributed by atoms with Crippen LogP contribution in [0, 0.1) is 5.41 Å². The summed E-state index contributed by atoms with van der Waals surface area (Å²) in [6.07, 6.45) is 2.64. The van der Waals surface area contributed by atoms with Crippen LogP contribution < -0.4 is 5.43 Å². The molecule has 0 bridgehead atoms. The second-order valence-electron chi connectivity index (χ2n) is 6.55. The predicted octanol–water partition coefficient (Wildman–Crippen LogP) is 1.18. The summed E-state index contributed by atoms with van der Waals surface area (Å²) in [4.78, 5) is 46.7. The minimum atomic E-state index is -1.85. The van der Waals surface area contributed by atoms with Crippen molar-refractivity contribution in [3.05, 3.63) is 36.7 Å². The summed E-state index contributed by atoms with van der Waals surface area (Å²) in [5.74, 6) is -3.39. The van der Waals surface area contributed by atoms with Crippen molar-refractivity contribution < 1.29 is 59.9 Å². The van der Waals surface area contributed by atoms with Crippen LogP contribution in [0.5, 0.6) is 0 Å². The predicted molar refractivity (Wildman–Crippen MR) is 109 cm³/mol. The van der Waals surface area contributed by atoms with Gasteiger partial charge in [0.2, 0.25) is 5.91 Å². The zero-order valence-corrected chi connectivity index (χ0v) is 19.5.